The van der Waals surface area contributed by atoms with Crippen molar-refractivity contribution in [3.05, 3.63) is 47.6 Å². The lowest BCUT2D eigenvalue weighted by atomic mass is 10.00. The summed E-state index contributed by atoms with van der Waals surface area (Å²) >= 11 is 0. The van der Waals surface area contributed by atoms with Crippen molar-refractivity contribution in [3.63, 3.8) is 0 Å². The summed E-state index contributed by atoms with van der Waals surface area (Å²) in [5.74, 6) is 0.878. The standard InChI is InChI=1S/C17H18FNO4/c18-13-2-1-3-14(8-13)22-11-15-9-16(19-23-15)17(20)5-4-12-6-7-21-10-12/h1-3,8-9,12H,4-7,10-11H2. The summed E-state index contributed by atoms with van der Waals surface area (Å²) < 4.78 is 28.8. The van der Waals surface area contributed by atoms with E-state index >= 15 is 0 Å². The summed E-state index contributed by atoms with van der Waals surface area (Å²) in [6, 6.07) is 7.41. The Morgan fingerprint density at radius 2 is 2.30 bits per heavy atom. The van der Waals surface area contributed by atoms with Crippen LogP contribution in [0.1, 0.15) is 35.5 Å². The molecule has 23 heavy (non-hydrogen) atoms. The van der Waals surface area contributed by atoms with Crippen molar-refractivity contribution in [3.8, 4) is 5.75 Å². The Morgan fingerprint density at radius 1 is 1.39 bits per heavy atom. The summed E-state index contributed by atoms with van der Waals surface area (Å²) in [7, 11) is 0. The van der Waals surface area contributed by atoms with Crippen molar-refractivity contribution in [2.45, 2.75) is 25.9 Å². The summed E-state index contributed by atoms with van der Waals surface area (Å²) in [4.78, 5) is 12.1. The first-order valence-corrected chi connectivity index (χ1v) is 7.65. The lowest BCUT2D eigenvalue weighted by Gasteiger charge is -2.04. The zero-order valence-corrected chi connectivity index (χ0v) is 12.7. The highest BCUT2D eigenvalue weighted by Crippen LogP contribution is 2.20. The zero-order valence-electron chi connectivity index (χ0n) is 12.7. The Bertz CT molecular complexity index is 664. The first-order valence-electron chi connectivity index (χ1n) is 7.65. The van der Waals surface area contributed by atoms with Crippen molar-refractivity contribution in [2.75, 3.05) is 13.2 Å². The number of ketones is 1. The molecule has 122 valence electrons. The highest BCUT2D eigenvalue weighted by Gasteiger charge is 2.19. The SMILES string of the molecule is O=C(CCC1CCOC1)c1cc(COc2cccc(F)c2)on1. The van der Waals surface area contributed by atoms with Crippen molar-refractivity contribution >= 4 is 5.78 Å². The number of ether oxygens (including phenoxy) is 2. The third-order valence-electron chi connectivity index (χ3n) is 3.83. The Labute approximate surface area is 133 Å². The molecule has 1 atom stereocenters. The van der Waals surface area contributed by atoms with Crippen molar-refractivity contribution in [2.24, 2.45) is 5.92 Å². The Balaban J connectivity index is 1.49. The van der Waals surface area contributed by atoms with Crippen molar-refractivity contribution < 1.29 is 23.2 Å². The first-order chi connectivity index (χ1) is 11.2. The molecule has 1 fully saturated rings. The number of benzene rings is 1. The van der Waals surface area contributed by atoms with Crippen LogP contribution in [0.15, 0.2) is 34.9 Å². The predicted molar refractivity (Wildman–Crippen MR) is 79.7 cm³/mol. The van der Waals surface area contributed by atoms with E-state index in [1.54, 1.807) is 18.2 Å². The van der Waals surface area contributed by atoms with Crippen LogP contribution < -0.4 is 4.74 Å². The molecule has 2 aromatic rings. The van der Waals surface area contributed by atoms with Gasteiger partial charge in [0, 0.05) is 31.8 Å². The molecular formula is C17H18FNO4. The van der Waals surface area contributed by atoms with Crippen LogP contribution in [0, 0.1) is 11.7 Å². The molecule has 1 aliphatic heterocycles. The van der Waals surface area contributed by atoms with Crippen LogP contribution in [-0.2, 0) is 11.3 Å². The van der Waals surface area contributed by atoms with E-state index in [-0.39, 0.29) is 18.2 Å². The van der Waals surface area contributed by atoms with Gasteiger partial charge in [-0.3, -0.25) is 4.79 Å². The quantitative estimate of drug-likeness (QED) is 0.732. The van der Waals surface area contributed by atoms with Gasteiger partial charge in [-0.15, -0.1) is 0 Å². The Hall–Kier alpha value is -2.21. The third-order valence-corrected chi connectivity index (χ3v) is 3.83. The summed E-state index contributed by atoms with van der Waals surface area (Å²) in [6.45, 7) is 1.61. The minimum absolute atomic E-state index is 0.0438. The molecule has 0 bridgehead atoms. The van der Waals surface area contributed by atoms with Gasteiger partial charge in [0.2, 0.25) is 0 Å². The van der Waals surface area contributed by atoms with Gasteiger partial charge in [0.15, 0.2) is 11.5 Å². The number of hydrogen-bond acceptors (Lipinski definition) is 5. The van der Waals surface area contributed by atoms with Gasteiger partial charge < -0.3 is 14.0 Å². The average Bonchev–Trinajstić information content (AvgIpc) is 3.22. The topological polar surface area (TPSA) is 61.6 Å². The number of rotatable bonds is 7. The molecule has 0 amide bonds. The maximum atomic E-state index is 13.0. The summed E-state index contributed by atoms with van der Waals surface area (Å²) in [5, 5.41) is 3.78. The average molecular weight is 319 g/mol. The normalized spacial score (nSPS) is 17.3. The molecule has 1 aliphatic rings. The van der Waals surface area contributed by atoms with Crippen LogP contribution >= 0.6 is 0 Å². The monoisotopic (exact) mass is 319 g/mol. The van der Waals surface area contributed by atoms with E-state index in [4.69, 9.17) is 14.0 Å². The van der Waals surface area contributed by atoms with Gasteiger partial charge >= 0.3 is 0 Å². The minimum atomic E-state index is -0.369. The molecule has 1 aromatic heterocycles. The van der Waals surface area contributed by atoms with Gasteiger partial charge in [-0.1, -0.05) is 11.2 Å². The minimum Gasteiger partial charge on any atom is -0.485 e. The van der Waals surface area contributed by atoms with E-state index in [1.807, 2.05) is 0 Å². The summed E-state index contributed by atoms with van der Waals surface area (Å²) in [6.07, 6.45) is 2.25. The molecule has 2 heterocycles. The third kappa shape index (κ3) is 4.39. The van der Waals surface area contributed by atoms with E-state index in [0.29, 0.717) is 29.5 Å². The maximum absolute atomic E-state index is 13.0. The maximum Gasteiger partial charge on any atom is 0.184 e. The number of halogens is 1. The van der Waals surface area contributed by atoms with Crippen LogP contribution in [0.25, 0.3) is 0 Å². The van der Waals surface area contributed by atoms with Gasteiger partial charge in [-0.05, 0) is 30.9 Å². The second kappa shape index (κ2) is 7.37. The highest BCUT2D eigenvalue weighted by molar-refractivity contribution is 5.94. The number of hydrogen-bond donors (Lipinski definition) is 0. The highest BCUT2D eigenvalue weighted by atomic mass is 19.1. The fourth-order valence-electron chi connectivity index (χ4n) is 2.50. The fourth-order valence-corrected chi connectivity index (χ4v) is 2.50. The van der Waals surface area contributed by atoms with Gasteiger partial charge in [0.25, 0.3) is 0 Å². The molecule has 3 rings (SSSR count). The molecule has 1 unspecified atom stereocenters. The number of nitrogens with zero attached hydrogens (tertiary/aromatic N) is 1. The second-order valence-corrected chi connectivity index (χ2v) is 5.62. The number of aromatic nitrogens is 1. The van der Waals surface area contributed by atoms with E-state index in [9.17, 15) is 9.18 Å². The van der Waals surface area contributed by atoms with E-state index in [2.05, 4.69) is 5.16 Å². The molecule has 1 aromatic carbocycles. The second-order valence-electron chi connectivity index (χ2n) is 5.62. The zero-order chi connectivity index (χ0) is 16.1. The van der Waals surface area contributed by atoms with Gasteiger partial charge in [0.1, 0.15) is 23.9 Å². The lowest BCUT2D eigenvalue weighted by molar-refractivity contribution is 0.0962. The van der Waals surface area contributed by atoms with Gasteiger partial charge in [-0.2, -0.15) is 0 Å². The molecule has 0 saturated carbocycles. The van der Waals surface area contributed by atoms with Crippen molar-refractivity contribution in [1.29, 1.82) is 0 Å². The Morgan fingerprint density at radius 3 is 3.09 bits per heavy atom. The van der Waals surface area contributed by atoms with Crippen LogP contribution in [0.4, 0.5) is 4.39 Å². The van der Waals surface area contributed by atoms with Crippen LogP contribution in [0.5, 0.6) is 5.75 Å². The number of Topliss-reactive ketones (excluding diaryl/α,β-unsaturated/α-hetero) is 1. The molecule has 6 heteroatoms. The molecule has 5 nitrogen and oxygen atoms in total. The molecule has 0 aliphatic carbocycles. The van der Waals surface area contributed by atoms with Crippen molar-refractivity contribution in [1.82, 2.24) is 5.16 Å². The van der Waals surface area contributed by atoms with E-state index < -0.39 is 0 Å². The number of carbonyl (C=O) groups excluding carboxylic acids is 1. The lowest BCUT2D eigenvalue weighted by Crippen LogP contribution is -2.05. The molecule has 0 radical (unpaired) electrons. The molecule has 1 saturated heterocycles. The largest absolute Gasteiger partial charge is 0.485 e. The van der Waals surface area contributed by atoms with Gasteiger partial charge in [-0.25, -0.2) is 4.39 Å². The van der Waals surface area contributed by atoms with Crippen LogP contribution in [0.2, 0.25) is 0 Å². The molecular weight excluding hydrogens is 301 g/mol. The predicted octanol–water partition coefficient (Wildman–Crippen LogP) is 3.39. The fraction of sp³-hybridized carbons (Fsp3) is 0.412. The van der Waals surface area contributed by atoms with E-state index in [1.165, 1.54) is 12.1 Å². The van der Waals surface area contributed by atoms with Crippen LogP contribution in [-0.4, -0.2) is 24.2 Å². The summed E-state index contributed by atoms with van der Waals surface area (Å²) in [5.41, 5.74) is 0.307. The first kappa shape index (κ1) is 15.7. The molecule has 0 N–H and O–H groups in total. The van der Waals surface area contributed by atoms with Crippen LogP contribution in [0.3, 0.4) is 0 Å². The number of carbonyl (C=O) groups is 1. The smallest absolute Gasteiger partial charge is 0.184 e. The van der Waals surface area contributed by atoms with Gasteiger partial charge in [0.05, 0.1) is 0 Å². The molecule has 0 spiro atoms. The van der Waals surface area contributed by atoms with E-state index in [0.717, 1.165) is 26.1 Å². The Kier molecular flexibility index (Phi) is 5.02.